The molecular weight excluding hydrogens is 279 g/mol. The number of aryl methyl sites for hydroxylation is 1. The van der Waals surface area contributed by atoms with E-state index in [-0.39, 0.29) is 0 Å². The normalized spacial score (nSPS) is 16.0. The third-order valence-corrected chi connectivity index (χ3v) is 3.36. The fraction of sp³-hybridized carbons (Fsp3) is 0.200. The lowest BCUT2D eigenvalue weighted by Gasteiger charge is -2.07. The number of nitrogens with zero attached hydrogens (tertiary/aromatic N) is 2. The summed E-state index contributed by atoms with van der Waals surface area (Å²) in [5.74, 6) is 0.292. The molecule has 0 aliphatic heterocycles. The first-order valence-corrected chi connectivity index (χ1v) is 6.48. The van der Waals surface area contributed by atoms with Gasteiger partial charge in [0.2, 0.25) is 0 Å². The third kappa shape index (κ3) is 2.89. The molecule has 1 aliphatic carbocycles. The zero-order chi connectivity index (χ0) is 14.9. The molecule has 1 aromatic carbocycles. The molecule has 1 aromatic heterocycles. The van der Waals surface area contributed by atoms with E-state index >= 15 is 0 Å². The van der Waals surface area contributed by atoms with Gasteiger partial charge in [-0.15, -0.1) is 0 Å². The number of hydrogen-bond donors (Lipinski definition) is 1. The van der Waals surface area contributed by atoms with Gasteiger partial charge in [0, 0.05) is 11.8 Å². The van der Waals surface area contributed by atoms with Crippen LogP contribution >= 0.6 is 0 Å². The molecule has 0 radical (unpaired) electrons. The van der Waals surface area contributed by atoms with E-state index in [0.29, 0.717) is 5.82 Å². The van der Waals surface area contributed by atoms with E-state index in [1.54, 1.807) is 0 Å². The number of rotatable bonds is 2. The van der Waals surface area contributed by atoms with Gasteiger partial charge in [0.05, 0.1) is 11.3 Å². The molecule has 21 heavy (non-hydrogen) atoms. The van der Waals surface area contributed by atoms with E-state index in [1.807, 2.05) is 24.3 Å². The molecule has 0 unspecified atom stereocenters. The molecule has 6 heteroatoms. The van der Waals surface area contributed by atoms with Crippen LogP contribution in [0, 0.1) is 0 Å². The zero-order valence-electron chi connectivity index (χ0n) is 11.0. The van der Waals surface area contributed by atoms with Crippen molar-refractivity contribution in [2.75, 3.05) is 5.43 Å². The molecular formula is C15H12F3N3. The Labute approximate surface area is 119 Å². The Morgan fingerprint density at radius 1 is 1.05 bits per heavy atom. The summed E-state index contributed by atoms with van der Waals surface area (Å²) in [6.45, 7) is 0. The molecule has 0 amide bonds. The highest BCUT2D eigenvalue weighted by atomic mass is 19.4. The van der Waals surface area contributed by atoms with Gasteiger partial charge < -0.3 is 0 Å². The van der Waals surface area contributed by atoms with Gasteiger partial charge in [-0.2, -0.15) is 18.3 Å². The highest BCUT2D eigenvalue weighted by molar-refractivity contribution is 6.04. The Morgan fingerprint density at radius 2 is 1.86 bits per heavy atom. The molecule has 0 saturated carbocycles. The van der Waals surface area contributed by atoms with E-state index in [0.717, 1.165) is 36.4 Å². The Morgan fingerprint density at radius 3 is 2.57 bits per heavy atom. The lowest BCUT2D eigenvalue weighted by atomic mass is 10.1. The van der Waals surface area contributed by atoms with Crippen LogP contribution in [0.25, 0.3) is 0 Å². The minimum atomic E-state index is -4.37. The first-order valence-electron chi connectivity index (χ1n) is 6.48. The monoisotopic (exact) mass is 291 g/mol. The number of hydrazone groups is 1. The molecule has 0 fully saturated rings. The molecule has 108 valence electrons. The van der Waals surface area contributed by atoms with Crippen molar-refractivity contribution in [3.63, 3.8) is 0 Å². The number of pyridine rings is 1. The number of fused-ring (bicyclic) bond motifs is 1. The maximum Gasteiger partial charge on any atom is 0.417 e. The van der Waals surface area contributed by atoms with Crippen LogP contribution in [-0.2, 0) is 12.6 Å². The van der Waals surface area contributed by atoms with E-state index in [9.17, 15) is 13.2 Å². The van der Waals surface area contributed by atoms with Gasteiger partial charge in [-0.1, -0.05) is 24.3 Å². The van der Waals surface area contributed by atoms with Crippen molar-refractivity contribution in [1.29, 1.82) is 0 Å². The summed E-state index contributed by atoms with van der Waals surface area (Å²) in [5.41, 5.74) is 5.16. The highest BCUT2D eigenvalue weighted by Gasteiger charge is 2.30. The fourth-order valence-electron chi connectivity index (χ4n) is 2.28. The summed E-state index contributed by atoms with van der Waals surface area (Å²) in [7, 11) is 0. The highest BCUT2D eigenvalue weighted by Crippen LogP contribution is 2.29. The van der Waals surface area contributed by atoms with Gasteiger partial charge >= 0.3 is 6.18 Å². The predicted octanol–water partition coefficient (Wildman–Crippen LogP) is 3.86. The van der Waals surface area contributed by atoms with Gasteiger partial charge in [-0.05, 0) is 30.5 Å². The minimum Gasteiger partial charge on any atom is -0.261 e. The maximum absolute atomic E-state index is 12.4. The van der Waals surface area contributed by atoms with E-state index < -0.39 is 11.7 Å². The summed E-state index contributed by atoms with van der Waals surface area (Å²) < 4.78 is 37.3. The van der Waals surface area contributed by atoms with Crippen molar-refractivity contribution in [3.05, 3.63) is 59.3 Å². The van der Waals surface area contributed by atoms with Crippen LogP contribution in [0.15, 0.2) is 47.7 Å². The first-order chi connectivity index (χ1) is 10.0. The van der Waals surface area contributed by atoms with Crippen molar-refractivity contribution in [3.8, 4) is 0 Å². The number of nitrogens with one attached hydrogen (secondary N) is 1. The standard InChI is InChI=1S/C15H12F3N3/c16-15(17,18)11-6-8-14(19-9-11)21-20-13-7-5-10-3-1-2-4-12(10)13/h1-4,6,8-9H,5,7H2,(H,19,21)/b20-13-. The van der Waals surface area contributed by atoms with Crippen LogP contribution in [0.5, 0.6) is 0 Å². The largest absolute Gasteiger partial charge is 0.417 e. The van der Waals surface area contributed by atoms with Crippen LogP contribution in [0.2, 0.25) is 0 Å². The molecule has 1 N–H and O–H groups in total. The fourth-order valence-corrected chi connectivity index (χ4v) is 2.28. The number of halogens is 3. The van der Waals surface area contributed by atoms with Crippen molar-refractivity contribution < 1.29 is 13.2 Å². The quantitative estimate of drug-likeness (QED) is 0.853. The minimum absolute atomic E-state index is 0.292. The second-order valence-electron chi connectivity index (χ2n) is 4.76. The Hall–Kier alpha value is -2.37. The third-order valence-electron chi connectivity index (χ3n) is 3.36. The van der Waals surface area contributed by atoms with Crippen LogP contribution in [0.3, 0.4) is 0 Å². The van der Waals surface area contributed by atoms with E-state index in [4.69, 9.17) is 0 Å². The van der Waals surface area contributed by atoms with E-state index in [2.05, 4.69) is 15.5 Å². The van der Waals surface area contributed by atoms with Crippen LogP contribution < -0.4 is 5.43 Å². The first kappa shape index (κ1) is 13.6. The second kappa shape index (κ2) is 5.20. The molecule has 0 saturated heterocycles. The molecule has 1 heterocycles. The topological polar surface area (TPSA) is 37.3 Å². The zero-order valence-corrected chi connectivity index (χ0v) is 11.0. The number of alkyl halides is 3. The van der Waals surface area contributed by atoms with Crippen molar-refractivity contribution in [2.24, 2.45) is 5.10 Å². The summed E-state index contributed by atoms with van der Waals surface area (Å²) in [6.07, 6.45) is -1.84. The molecule has 2 aromatic rings. The maximum atomic E-state index is 12.4. The molecule has 1 aliphatic rings. The van der Waals surface area contributed by atoms with Crippen LogP contribution in [0.4, 0.5) is 19.0 Å². The number of anilines is 1. The summed E-state index contributed by atoms with van der Waals surface area (Å²) in [4.78, 5) is 3.72. The second-order valence-corrected chi connectivity index (χ2v) is 4.76. The smallest absolute Gasteiger partial charge is 0.261 e. The number of benzene rings is 1. The number of aromatic nitrogens is 1. The van der Waals surface area contributed by atoms with Crippen molar-refractivity contribution in [1.82, 2.24) is 4.98 Å². The van der Waals surface area contributed by atoms with Gasteiger partial charge in [0.25, 0.3) is 0 Å². The summed E-state index contributed by atoms with van der Waals surface area (Å²) >= 11 is 0. The Kier molecular flexibility index (Phi) is 3.37. The SMILES string of the molecule is FC(F)(F)c1ccc(N/N=C2/CCc3ccccc32)nc1. The predicted molar refractivity (Wildman–Crippen MR) is 74.2 cm³/mol. The van der Waals surface area contributed by atoms with Gasteiger partial charge in [0.1, 0.15) is 5.82 Å². The number of hydrogen-bond acceptors (Lipinski definition) is 3. The average molecular weight is 291 g/mol. The lowest BCUT2D eigenvalue weighted by Crippen LogP contribution is -2.06. The van der Waals surface area contributed by atoms with Gasteiger partial charge in [0.15, 0.2) is 0 Å². The van der Waals surface area contributed by atoms with Crippen LogP contribution in [-0.4, -0.2) is 10.7 Å². The average Bonchev–Trinajstić information content (AvgIpc) is 2.88. The molecule has 3 rings (SSSR count). The molecule has 0 spiro atoms. The lowest BCUT2D eigenvalue weighted by molar-refractivity contribution is -0.137. The van der Waals surface area contributed by atoms with Crippen LogP contribution in [0.1, 0.15) is 23.1 Å². The van der Waals surface area contributed by atoms with Crippen molar-refractivity contribution in [2.45, 2.75) is 19.0 Å². The van der Waals surface area contributed by atoms with Crippen molar-refractivity contribution >= 4 is 11.5 Å². The molecule has 0 atom stereocenters. The van der Waals surface area contributed by atoms with Gasteiger partial charge in [-0.3, -0.25) is 5.43 Å². The summed E-state index contributed by atoms with van der Waals surface area (Å²) in [5, 5.41) is 4.25. The van der Waals surface area contributed by atoms with Gasteiger partial charge in [-0.25, -0.2) is 4.98 Å². The Balaban J connectivity index is 1.75. The Bertz CT molecular complexity index is 675. The molecule has 3 nitrogen and oxygen atoms in total. The molecule has 0 bridgehead atoms. The van der Waals surface area contributed by atoms with E-state index in [1.165, 1.54) is 11.6 Å². The summed E-state index contributed by atoms with van der Waals surface area (Å²) in [6, 6.07) is 10.2.